The number of rotatable bonds is 5. The predicted octanol–water partition coefficient (Wildman–Crippen LogP) is -0.505. The quantitative estimate of drug-likeness (QED) is 0.780. The Balaban J connectivity index is 1.62. The standard InChI is InChI=1S/C16H20N6O3/c1-12-9-14(21-5-7-25-8-6-21)20-13(19-12)10-17-15(23)11-22-16(24)3-2-4-18-22/h2-4,9H,5-8,10-11H2,1H3,(H,17,23). The molecule has 0 radical (unpaired) electrons. The molecule has 0 spiro atoms. The summed E-state index contributed by atoms with van der Waals surface area (Å²) in [6.45, 7) is 4.86. The molecule has 0 saturated carbocycles. The first-order valence-corrected chi connectivity index (χ1v) is 8.08. The first kappa shape index (κ1) is 17.0. The van der Waals surface area contributed by atoms with Gasteiger partial charge in [-0.05, 0) is 13.0 Å². The molecular formula is C16H20N6O3. The molecule has 132 valence electrons. The highest BCUT2D eigenvalue weighted by atomic mass is 16.5. The minimum Gasteiger partial charge on any atom is -0.378 e. The average Bonchev–Trinajstić information content (AvgIpc) is 2.62. The van der Waals surface area contributed by atoms with Gasteiger partial charge in [-0.1, -0.05) is 0 Å². The normalized spacial score (nSPS) is 14.4. The molecule has 0 bridgehead atoms. The molecule has 2 aromatic heterocycles. The van der Waals surface area contributed by atoms with Crippen molar-refractivity contribution in [3.8, 4) is 0 Å². The van der Waals surface area contributed by atoms with Gasteiger partial charge in [-0.15, -0.1) is 0 Å². The van der Waals surface area contributed by atoms with Crippen molar-refractivity contribution in [1.29, 1.82) is 0 Å². The van der Waals surface area contributed by atoms with E-state index in [1.165, 1.54) is 18.3 Å². The van der Waals surface area contributed by atoms with Crippen LogP contribution in [-0.2, 0) is 22.6 Å². The third kappa shape index (κ3) is 4.60. The van der Waals surface area contributed by atoms with Crippen molar-refractivity contribution in [2.75, 3.05) is 31.2 Å². The van der Waals surface area contributed by atoms with E-state index in [-0.39, 0.29) is 24.6 Å². The van der Waals surface area contributed by atoms with Crippen LogP contribution in [-0.4, -0.2) is 52.0 Å². The highest BCUT2D eigenvalue weighted by Gasteiger charge is 2.14. The molecule has 25 heavy (non-hydrogen) atoms. The number of amides is 1. The zero-order valence-electron chi connectivity index (χ0n) is 14.0. The Bertz CT molecular complexity index is 800. The summed E-state index contributed by atoms with van der Waals surface area (Å²) in [7, 11) is 0. The largest absolute Gasteiger partial charge is 0.378 e. The Morgan fingerprint density at radius 2 is 2.12 bits per heavy atom. The van der Waals surface area contributed by atoms with Crippen LogP contribution in [0.1, 0.15) is 11.5 Å². The zero-order valence-corrected chi connectivity index (χ0v) is 14.0. The Morgan fingerprint density at radius 3 is 2.88 bits per heavy atom. The maximum absolute atomic E-state index is 12.0. The van der Waals surface area contributed by atoms with E-state index in [0.29, 0.717) is 19.0 Å². The van der Waals surface area contributed by atoms with Crippen LogP contribution in [0.15, 0.2) is 29.2 Å². The van der Waals surface area contributed by atoms with E-state index in [9.17, 15) is 9.59 Å². The monoisotopic (exact) mass is 344 g/mol. The lowest BCUT2D eigenvalue weighted by molar-refractivity contribution is -0.122. The number of hydrogen-bond donors (Lipinski definition) is 1. The van der Waals surface area contributed by atoms with Gasteiger partial charge in [0.25, 0.3) is 5.56 Å². The van der Waals surface area contributed by atoms with Gasteiger partial charge in [0.1, 0.15) is 18.2 Å². The Labute approximate surface area is 144 Å². The summed E-state index contributed by atoms with van der Waals surface area (Å²) in [5, 5.41) is 6.58. The van der Waals surface area contributed by atoms with E-state index in [2.05, 4.69) is 25.3 Å². The molecule has 1 fully saturated rings. The number of carbonyl (C=O) groups excluding carboxylic acids is 1. The third-order valence-electron chi connectivity index (χ3n) is 3.74. The van der Waals surface area contributed by atoms with Gasteiger partial charge in [0.15, 0.2) is 0 Å². The van der Waals surface area contributed by atoms with Crippen molar-refractivity contribution >= 4 is 11.7 Å². The summed E-state index contributed by atoms with van der Waals surface area (Å²) in [4.78, 5) is 34.6. The molecule has 1 aliphatic heterocycles. The van der Waals surface area contributed by atoms with Gasteiger partial charge in [-0.25, -0.2) is 14.6 Å². The highest BCUT2D eigenvalue weighted by Crippen LogP contribution is 2.14. The molecule has 1 amide bonds. The van der Waals surface area contributed by atoms with Gasteiger partial charge in [0, 0.05) is 37.1 Å². The van der Waals surface area contributed by atoms with Gasteiger partial charge in [-0.3, -0.25) is 9.59 Å². The Kier molecular flexibility index (Phi) is 5.34. The molecule has 2 aromatic rings. The molecule has 3 rings (SSSR count). The molecule has 0 aliphatic carbocycles. The SMILES string of the molecule is Cc1cc(N2CCOCC2)nc(CNC(=O)Cn2ncccc2=O)n1. The van der Waals surface area contributed by atoms with Crippen LogP contribution < -0.4 is 15.8 Å². The van der Waals surface area contributed by atoms with E-state index < -0.39 is 0 Å². The molecule has 3 heterocycles. The number of hydrogen-bond acceptors (Lipinski definition) is 7. The Morgan fingerprint density at radius 1 is 1.32 bits per heavy atom. The van der Waals surface area contributed by atoms with Gasteiger partial charge in [0.2, 0.25) is 5.91 Å². The fourth-order valence-corrected chi connectivity index (χ4v) is 2.52. The number of nitrogens with one attached hydrogen (secondary N) is 1. The van der Waals surface area contributed by atoms with Gasteiger partial charge in [-0.2, -0.15) is 5.10 Å². The Hall–Kier alpha value is -2.81. The lowest BCUT2D eigenvalue weighted by atomic mass is 10.3. The molecule has 9 heteroatoms. The fourth-order valence-electron chi connectivity index (χ4n) is 2.52. The first-order chi connectivity index (χ1) is 12.1. The second-order valence-corrected chi connectivity index (χ2v) is 5.68. The van der Waals surface area contributed by atoms with Crippen LogP contribution in [0.4, 0.5) is 5.82 Å². The second kappa shape index (κ2) is 7.84. The average molecular weight is 344 g/mol. The van der Waals surface area contributed by atoms with Gasteiger partial charge >= 0.3 is 0 Å². The van der Waals surface area contributed by atoms with Gasteiger partial charge < -0.3 is 15.0 Å². The summed E-state index contributed by atoms with van der Waals surface area (Å²) in [5.41, 5.74) is 0.515. The fraction of sp³-hybridized carbons (Fsp3) is 0.438. The topological polar surface area (TPSA) is 102 Å². The molecule has 9 nitrogen and oxygen atoms in total. The van der Waals surface area contributed by atoms with Crippen molar-refractivity contribution in [3.05, 3.63) is 46.3 Å². The van der Waals surface area contributed by atoms with Crippen LogP contribution in [0.25, 0.3) is 0 Å². The van der Waals surface area contributed by atoms with Crippen LogP contribution >= 0.6 is 0 Å². The predicted molar refractivity (Wildman–Crippen MR) is 90.1 cm³/mol. The highest BCUT2D eigenvalue weighted by molar-refractivity contribution is 5.75. The number of ether oxygens (including phenoxy) is 1. The third-order valence-corrected chi connectivity index (χ3v) is 3.74. The lowest BCUT2D eigenvalue weighted by Crippen LogP contribution is -2.37. The van der Waals surface area contributed by atoms with Crippen molar-refractivity contribution in [2.45, 2.75) is 20.0 Å². The molecule has 0 aromatic carbocycles. The van der Waals surface area contributed by atoms with Crippen LogP contribution in [0.2, 0.25) is 0 Å². The number of aromatic nitrogens is 4. The number of carbonyl (C=O) groups is 1. The van der Waals surface area contributed by atoms with Crippen LogP contribution in [0, 0.1) is 6.92 Å². The minimum absolute atomic E-state index is 0.137. The molecule has 1 aliphatic rings. The molecule has 1 saturated heterocycles. The maximum Gasteiger partial charge on any atom is 0.267 e. The lowest BCUT2D eigenvalue weighted by Gasteiger charge is -2.28. The molecule has 1 N–H and O–H groups in total. The molecular weight excluding hydrogens is 324 g/mol. The van der Waals surface area contributed by atoms with E-state index in [1.807, 2.05) is 13.0 Å². The number of anilines is 1. The maximum atomic E-state index is 12.0. The first-order valence-electron chi connectivity index (χ1n) is 8.08. The van der Waals surface area contributed by atoms with Crippen molar-refractivity contribution < 1.29 is 9.53 Å². The number of morpholine rings is 1. The van der Waals surface area contributed by atoms with Crippen molar-refractivity contribution in [3.63, 3.8) is 0 Å². The summed E-state index contributed by atoms with van der Waals surface area (Å²) in [6, 6.07) is 4.81. The second-order valence-electron chi connectivity index (χ2n) is 5.68. The number of aryl methyl sites for hydroxylation is 1. The summed E-state index contributed by atoms with van der Waals surface area (Å²) < 4.78 is 6.45. The van der Waals surface area contributed by atoms with Crippen molar-refractivity contribution in [2.24, 2.45) is 0 Å². The zero-order chi connectivity index (χ0) is 17.6. The van der Waals surface area contributed by atoms with Crippen LogP contribution in [0.3, 0.4) is 0 Å². The van der Waals surface area contributed by atoms with E-state index >= 15 is 0 Å². The van der Waals surface area contributed by atoms with E-state index in [1.54, 1.807) is 0 Å². The minimum atomic E-state index is -0.321. The smallest absolute Gasteiger partial charge is 0.267 e. The summed E-state index contributed by atoms with van der Waals surface area (Å²) in [5.74, 6) is 1.04. The van der Waals surface area contributed by atoms with Crippen molar-refractivity contribution in [1.82, 2.24) is 25.1 Å². The molecule has 0 unspecified atom stereocenters. The van der Waals surface area contributed by atoms with E-state index in [0.717, 1.165) is 29.3 Å². The van der Waals surface area contributed by atoms with Crippen LogP contribution in [0.5, 0.6) is 0 Å². The molecule has 0 atom stereocenters. The van der Waals surface area contributed by atoms with Gasteiger partial charge in [0.05, 0.1) is 19.8 Å². The summed E-state index contributed by atoms with van der Waals surface area (Å²) in [6.07, 6.45) is 1.47. The van der Waals surface area contributed by atoms with E-state index in [4.69, 9.17) is 4.74 Å². The number of nitrogens with zero attached hydrogens (tertiary/aromatic N) is 5. The summed E-state index contributed by atoms with van der Waals surface area (Å²) >= 11 is 0.